The van der Waals surface area contributed by atoms with Gasteiger partial charge < -0.3 is 10.6 Å². The molecule has 1 aliphatic carbocycles. The Morgan fingerprint density at radius 1 is 1.00 bits per heavy atom. The van der Waals surface area contributed by atoms with Gasteiger partial charge in [0.1, 0.15) is 11.6 Å². The Bertz CT molecular complexity index is 856. The second kappa shape index (κ2) is 13.8. The van der Waals surface area contributed by atoms with E-state index in [1.807, 2.05) is 13.8 Å². The van der Waals surface area contributed by atoms with E-state index in [0.29, 0.717) is 17.9 Å². The van der Waals surface area contributed by atoms with Crippen LogP contribution in [-0.4, -0.2) is 18.1 Å². The summed E-state index contributed by atoms with van der Waals surface area (Å²) >= 11 is 5.08. The lowest BCUT2D eigenvalue weighted by Crippen LogP contribution is -2.45. The van der Waals surface area contributed by atoms with Gasteiger partial charge in [0.05, 0.1) is 4.99 Å². The number of halogens is 2. The van der Waals surface area contributed by atoms with E-state index in [0.717, 1.165) is 30.6 Å². The first-order valence-electron chi connectivity index (χ1n) is 12.3. The van der Waals surface area contributed by atoms with E-state index in [-0.39, 0.29) is 5.54 Å². The van der Waals surface area contributed by atoms with Gasteiger partial charge in [0, 0.05) is 18.2 Å². The number of hydrogen-bond acceptors (Lipinski definition) is 2. The number of aryl methyl sites for hydroxylation is 1. The van der Waals surface area contributed by atoms with Crippen LogP contribution in [0.15, 0.2) is 42.5 Å². The summed E-state index contributed by atoms with van der Waals surface area (Å²) in [6, 6.07) is 12.8. The van der Waals surface area contributed by atoms with Crippen LogP contribution in [0.2, 0.25) is 0 Å². The van der Waals surface area contributed by atoms with E-state index in [1.54, 1.807) is 0 Å². The summed E-state index contributed by atoms with van der Waals surface area (Å²) in [5, 5.41) is 7.16. The minimum atomic E-state index is -0.503. The standard InChI is InChI=1S/C20H32N2S.C8H8F2/c1-16(2)18-9-7-10-19(15-18)20(11-5-4-6-12-20)22-14-8-13-21-17(3)23;1-2-6-3-7(9)5-8(10)4-6/h7,9-10,15-16,22H,4-6,8,11-14H2,1-3H3,(H,21,23);3-5H,2H2,1H3. The van der Waals surface area contributed by atoms with Gasteiger partial charge in [-0.2, -0.15) is 0 Å². The zero-order chi connectivity index (χ0) is 24.3. The monoisotopic (exact) mass is 474 g/mol. The summed E-state index contributed by atoms with van der Waals surface area (Å²) in [6.07, 6.45) is 8.32. The molecule has 1 saturated carbocycles. The maximum Gasteiger partial charge on any atom is 0.126 e. The highest BCUT2D eigenvalue weighted by atomic mass is 32.1. The van der Waals surface area contributed by atoms with Gasteiger partial charge in [0.15, 0.2) is 0 Å². The van der Waals surface area contributed by atoms with E-state index in [2.05, 4.69) is 48.7 Å². The highest BCUT2D eigenvalue weighted by molar-refractivity contribution is 7.80. The zero-order valence-corrected chi connectivity index (χ0v) is 21.5. The van der Waals surface area contributed by atoms with Crippen LogP contribution in [0.3, 0.4) is 0 Å². The highest BCUT2D eigenvalue weighted by Crippen LogP contribution is 2.38. The van der Waals surface area contributed by atoms with Gasteiger partial charge in [0.2, 0.25) is 0 Å². The molecular formula is C28H40F2N2S. The largest absolute Gasteiger partial charge is 0.380 e. The summed E-state index contributed by atoms with van der Waals surface area (Å²) in [6.45, 7) is 10.4. The quantitative estimate of drug-likeness (QED) is 0.308. The van der Waals surface area contributed by atoms with Crippen LogP contribution in [0.4, 0.5) is 8.78 Å². The van der Waals surface area contributed by atoms with E-state index in [1.165, 1.54) is 55.4 Å². The fourth-order valence-corrected chi connectivity index (χ4v) is 4.52. The first-order chi connectivity index (χ1) is 15.8. The van der Waals surface area contributed by atoms with Gasteiger partial charge in [-0.1, -0.05) is 76.5 Å². The lowest BCUT2D eigenvalue weighted by Gasteiger charge is -2.39. The van der Waals surface area contributed by atoms with Gasteiger partial charge >= 0.3 is 0 Å². The molecule has 2 aromatic carbocycles. The Kier molecular flexibility index (Phi) is 11.4. The number of rotatable bonds is 8. The molecule has 1 fully saturated rings. The normalized spacial score (nSPS) is 15.0. The smallest absolute Gasteiger partial charge is 0.126 e. The molecule has 5 heteroatoms. The van der Waals surface area contributed by atoms with Crippen molar-refractivity contribution in [3.63, 3.8) is 0 Å². The number of benzene rings is 2. The van der Waals surface area contributed by atoms with Crippen LogP contribution in [0.25, 0.3) is 0 Å². The fourth-order valence-electron chi connectivity index (χ4n) is 4.41. The second-order valence-corrected chi connectivity index (χ2v) is 9.93. The van der Waals surface area contributed by atoms with Gasteiger partial charge in [-0.25, -0.2) is 8.78 Å². The maximum absolute atomic E-state index is 12.4. The topological polar surface area (TPSA) is 24.1 Å². The molecule has 0 aromatic heterocycles. The third-order valence-electron chi connectivity index (χ3n) is 6.33. The van der Waals surface area contributed by atoms with Gasteiger partial charge in [-0.05, 0) is 73.9 Å². The van der Waals surface area contributed by atoms with Crippen LogP contribution in [-0.2, 0) is 12.0 Å². The Hall–Kier alpha value is -1.85. The average molecular weight is 475 g/mol. The number of nitrogens with one attached hydrogen (secondary N) is 2. The van der Waals surface area contributed by atoms with E-state index in [4.69, 9.17) is 12.2 Å². The first kappa shape index (κ1) is 27.4. The fraction of sp³-hybridized carbons (Fsp3) is 0.536. The predicted molar refractivity (Wildman–Crippen MR) is 140 cm³/mol. The molecule has 0 aliphatic heterocycles. The SMILES string of the molecule is CC(=S)NCCCNC1(c2cccc(C(C)C)c2)CCCCC1.CCc1cc(F)cc(F)c1. The lowest BCUT2D eigenvalue weighted by molar-refractivity contribution is 0.233. The van der Waals surface area contributed by atoms with Crippen LogP contribution >= 0.6 is 12.2 Å². The molecule has 0 heterocycles. The van der Waals surface area contributed by atoms with Crippen LogP contribution in [0.1, 0.15) is 88.8 Å². The van der Waals surface area contributed by atoms with Crippen molar-refractivity contribution in [2.24, 2.45) is 0 Å². The minimum Gasteiger partial charge on any atom is -0.380 e. The van der Waals surface area contributed by atoms with Gasteiger partial charge in [-0.15, -0.1) is 0 Å². The summed E-state index contributed by atoms with van der Waals surface area (Å²) in [5.41, 5.74) is 3.81. The van der Waals surface area contributed by atoms with Crippen molar-refractivity contribution in [3.8, 4) is 0 Å². The number of hydrogen-bond donors (Lipinski definition) is 2. The molecule has 0 unspecified atom stereocenters. The molecule has 0 radical (unpaired) electrons. The van der Waals surface area contributed by atoms with Crippen LogP contribution in [0.5, 0.6) is 0 Å². The molecule has 33 heavy (non-hydrogen) atoms. The Morgan fingerprint density at radius 2 is 1.67 bits per heavy atom. The van der Waals surface area contributed by atoms with E-state index >= 15 is 0 Å². The van der Waals surface area contributed by atoms with Crippen molar-refractivity contribution in [2.45, 2.75) is 84.1 Å². The molecule has 3 rings (SSSR count). The molecular weight excluding hydrogens is 434 g/mol. The summed E-state index contributed by atoms with van der Waals surface area (Å²) < 4.78 is 24.8. The van der Waals surface area contributed by atoms with Gasteiger partial charge in [0.25, 0.3) is 0 Å². The Balaban J connectivity index is 0.000000321. The molecule has 0 amide bonds. The molecule has 0 spiro atoms. The molecule has 0 saturated heterocycles. The van der Waals surface area contributed by atoms with Crippen molar-refractivity contribution >= 4 is 17.2 Å². The highest BCUT2D eigenvalue weighted by Gasteiger charge is 2.33. The van der Waals surface area contributed by atoms with Crippen molar-refractivity contribution < 1.29 is 8.78 Å². The van der Waals surface area contributed by atoms with Crippen molar-refractivity contribution in [1.82, 2.24) is 10.6 Å². The van der Waals surface area contributed by atoms with Crippen molar-refractivity contribution in [3.05, 3.63) is 70.8 Å². The van der Waals surface area contributed by atoms with E-state index < -0.39 is 11.6 Å². The molecule has 2 nitrogen and oxygen atoms in total. The molecule has 2 aromatic rings. The molecule has 182 valence electrons. The molecule has 2 N–H and O–H groups in total. The van der Waals surface area contributed by atoms with Crippen molar-refractivity contribution in [2.75, 3.05) is 13.1 Å². The van der Waals surface area contributed by atoms with Crippen LogP contribution in [0, 0.1) is 11.6 Å². The average Bonchev–Trinajstić information content (AvgIpc) is 2.79. The zero-order valence-electron chi connectivity index (χ0n) is 20.6. The van der Waals surface area contributed by atoms with Crippen LogP contribution < -0.4 is 10.6 Å². The summed E-state index contributed by atoms with van der Waals surface area (Å²) in [4.78, 5) is 0.891. The predicted octanol–water partition coefficient (Wildman–Crippen LogP) is 7.41. The van der Waals surface area contributed by atoms with Crippen molar-refractivity contribution in [1.29, 1.82) is 0 Å². The maximum atomic E-state index is 12.4. The second-order valence-electron chi connectivity index (χ2n) is 9.32. The van der Waals surface area contributed by atoms with Gasteiger partial charge in [-0.3, -0.25) is 0 Å². The third-order valence-corrected chi connectivity index (χ3v) is 6.48. The minimum absolute atomic E-state index is 0.176. The molecule has 1 aliphatic rings. The van der Waals surface area contributed by atoms with E-state index in [9.17, 15) is 8.78 Å². The third kappa shape index (κ3) is 9.13. The first-order valence-corrected chi connectivity index (χ1v) is 12.7. The summed E-state index contributed by atoms with van der Waals surface area (Å²) in [7, 11) is 0. The Labute approximate surface area is 204 Å². The summed E-state index contributed by atoms with van der Waals surface area (Å²) in [5.74, 6) is -0.418. The lowest BCUT2D eigenvalue weighted by atomic mass is 9.75. The molecule has 0 bridgehead atoms. The number of thiocarbonyl (C=S) groups is 1. The molecule has 0 atom stereocenters. The Morgan fingerprint density at radius 3 is 2.24 bits per heavy atom.